The molecule has 2 N–H and O–H groups in total. The Kier molecular flexibility index (Phi) is 2.72. The molecule has 0 saturated carbocycles. The van der Waals surface area contributed by atoms with E-state index >= 15 is 0 Å². The molecule has 22 heavy (non-hydrogen) atoms. The molecule has 0 bridgehead atoms. The summed E-state index contributed by atoms with van der Waals surface area (Å²) in [6.07, 6.45) is 0. The lowest BCUT2D eigenvalue weighted by molar-refractivity contribution is 0.415. The molecule has 0 amide bonds. The zero-order valence-corrected chi connectivity index (χ0v) is 11.9. The molecule has 108 valence electrons. The second kappa shape index (κ2) is 4.73. The minimum atomic E-state index is -0.218. The number of rotatable bonds is 2. The van der Waals surface area contributed by atoms with E-state index in [9.17, 15) is 4.79 Å². The molecule has 0 saturated heterocycles. The van der Waals surface area contributed by atoms with Crippen molar-refractivity contribution < 1.29 is 4.74 Å². The standard InChI is InChI=1S/C17H13N3O2/c1-22-11-8-6-10(7-9-11)14-16-15(19-20-17(14)21)12-4-2-3-5-13(12)18-16/h2-9,18H,1H3,(H,20,21). The van der Waals surface area contributed by atoms with Crippen molar-refractivity contribution in [3.05, 3.63) is 58.9 Å². The lowest BCUT2D eigenvalue weighted by Crippen LogP contribution is -2.11. The molecular formula is C17H13N3O2. The monoisotopic (exact) mass is 291 g/mol. The van der Waals surface area contributed by atoms with Gasteiger partial charge in [-0.3, -0.25) is 4.79 Å². The van der Waals surface area contributed by atoms with Crippen LogP contribution in [0.1, 0.15) is 0 Å². The summed E-state index contributed by atoms with van der Waals surface area (Å²) >= 11 is 0. The van der Waals surface area contributed by atoms with E-state index in [1.165, 1.54) is 0 Å². The van der Waals surface area contributed by atoms with Gasteiger partial charge in [-0.05, 0) is 23.8 Å². The second-order valence-corrected chi connectivity index (χ2v) is 5.05. The number of fused-ring (bicyclic) bond motifs is 3. The van der Waals surface area contributed by atoms with Gasteiger partial charge in [0.2, 0.25) is 0 Å². The van der Waals surface area contributed by atoms with Crippen molar-refractivity contribution in [1.29, 1.82) is 0 Å². The fourth-order valence-electron chi connectivity index (χ4n) is 2.73. The van der Waals surface area contributed by atoms with E-state index in [4.69, 9.17) is 4.74 Å². The molecule has 5 heteroatoms. The van der Waals surface area contributed by atoms with Crippen LogP contribution in [0, 0.1) is 0 Å². The van der Waals surface area contributed by atoms with E-state index in [1.807, 2.05) is 48.5 Å². The topological polar surface area (TPSA) is 70.8 Å². The van der Waals surface area contributed by atoms with Crippen LogP contribution < -0.4 is 10.3 Å². The van der Waals surface area contributed by atoms with Crippen molar-refractivity contribution >= 4 is 21.9 Å². The number of benzene rings is 2. The van der Waals surface area contributed by atoms with E-state index in [-0.39, 0.29) is 5.56 Å². The molecule has 5 nitrogen and oxygen atoms in total. The lowest BCUT2D eigenvalue weighted by atomic mass is 10.1. The summed E-state index contributed by atoms with van der Waals surface area (Å²) in [6.45, 7) is 0. The third kappa shape index (κ3) is 1.79. The van der Waals surface area contributed by atoms with Gasteiger partial charge in [-0.15, -0.1) is 0 Å². The lowest BCUT2D eigenvalue weighted by Gasteiger charge is -2.04. The zero-order valence-electron chi connectivity index (χ0n) is 11.9. The normalized spacial score (nSPS) is 11.1. The van der Waals surface area contributed by atoms with E-state index in [1.54, 1.807) is 7.11 Å². The molecule has 2 aromatic heterocycles. The molecule has 0 aliphatic heterocycles. The number of aromatic nitrogens is 3. The average Bonchev–Trinajstić information content (AvgIpc) is 2.93. The van der Waals surface area contributed by atoms with Crippen molar-refractivity contribution in [3.63, 3.8) is 0 Å². The summed E-state index contributed by atoms with van der Waals surface area (Å²) in [5.41, 5.74) is 3.66. The number of aromatic amines is 2. The first-order chi connectivity index (χ1) is 10.8. The SMILES string of the molecule is COc1ccc(-c2c(=O)[nH]nc3c2[nH]c2ccccc23)cc1. The van der Waals surface area contributed by atoms with Gasteiger partial charge in [-0.25, -0.2) is 5.10 Å². The number of nitrogens with zero attached hydrogens (tertiary/aromatic N) is 1. The minimum absolute atomic E-state index is 0.218. The molecule has 0 spiro atoms. The Morgan fingerprint density at radius 1 is 1.05 bits per heavy atom. The minimum Gasteiger partial charge on any atom is -0.497 e. The second-order valence-electron chi connectivity index (χ2n) is 5.05. The van der Waals surface area contributed by atoms with Crippen molar-refractivity contribution in [2.24, 2.45) is 0 Å². The van der Waals surface area contributed by atoms with Crippen molar-refractivity contribution in [2.45, 2.75) is 0 Å². The highest BCUT2D eigenvalue weighted by Crippen LogP contribution is 2.29. The fourth-order valence-corrected chi connectivity index (χ4v) is 2.73. The van der Waals surface area contributed by atoms with Crippen LogP contribution in [-0.4, -0.2) is 22.3 Å². The molecular weight excluding hydrogens is 278 g/mol. The van der Waals surface area contributed by atoms with Crippen LogP contribution in [0.4, 0.5) is 0 Å². The van der Waals surface area contributed by atoms with Gasteiger partial charge < -0.3 is 9.72 Å². The Morgan fingerprint density at radius 3 is 2.59 bits per heavy atom. The predicted molar refractivity (Wildman–Crippen MR) is 86.2 cm³/mol. The van der Waals surface area contributed by atoms with Gasteiger partial charge in [0.1, 0.15) is 11.3 Å². The largest absolute Gasteiger partial charge is 0.497 e. The van der Waals surface area contributed by atoms with Crippen molar-refractivity contribution in [1.82, 2.24) is 15.2 Å². The highest BCUT2D eigenvalue weighted by atomic mass is 16.5. The van der Waals surface area contributed by atoms with E-state index < -0.39 is 0 Å². The van der Waals surface area contributed by atoms with Crippen LogP contribution in [0.3, 0.4) is 0 Å². The Balaban J connectivity index is 2.07. The quantitative estimate of drug-likeness (QED) is 0.596. The van der Waals surface area contributed by atoms with E-state index in [0.29, 0.717) is 5.56 Å². The summed E-state index contributed by atoms with van der Waals surface area (Å²) < 4.78 is 5.16. The Labute approximate surface area is 125 Å². The maximum absolute atomic E-state index is 12.3. The van der Waals surface area contributed by atoms with Gasteiger partial charge in [0.15, 0.2) is 0 Å². The molecule has 0 atom stereocenters. The molecule has 2 aromatic carbocycles. The number of para-hydroxylation sites is 1. The molecule has 2 heterocycles. The fraction of sp³-hybridized carbons (Fsp3) is 0.0588. The van der Waals surface area contributed by atoms with Gasteiger partial charge in [0, 0.05) is 10.9 Å². The van der Waals surface area contributed by atoms with Gasteiger partial charge in [0.05, 0.1) is 18.2 Å². The van der Waals surface area contributed by atoms with Gasteiger partial charge in [0.25, 0.3) is 5.56 Å². The third-order valence-electron chi connectivity index (χ3n) is 3.80. The van der Waals surface area contributed by atoms with Crippen molar-refractivity contribution in [3.8, 4) is 16.9 Å². The van der Waals surface area contributed by atoms with Crippen LogP contribution >= 0.6 is 0 Å². The summed E-state index contributed by atoms with van der Waals surface area (Å²) in [5.74, 6) is 0.752. The first-order valence-corrected chi connectivity index (χ1v) is 6.91. The average molecular weight is 291 g/mol. The molecule has 4 rings (SSSR count). The number of hydrogen-bond donors (Lipinski definition) is 2. The molecule has 0 unspecified atom stereocenters. The highest BCUT2D eigenvalue weighted by molar-refractivity contribution is 6.09. The predicted octanol–water partition coefficient (Wildman–Crippen LogP) is 3.08. The summed E-state index contributed by atoms with van der Waals surface area (Å²) in [6, 6.07) is 15.3. The first-order valence-electron chi connectivity index (χ1n) is 6.91. The number of H-pyrrole nitrogens is 2. The molecule has 0 aliphatic rings. The summed E-state index contributed by atoms with van der Waals surface area (Å²) in [5, 5.41) is 7.78. The molecule has 0 aliphatic carbocycles. The number of nitrogens with one attached hydrogen (secondary N) is 2. The maximum Gasteiger partial charge on any atom is 0.274 e. The number of hydrogen-bond acceptors (Lipinski definition) is 3. The van der Waals surface area contributed by atoms with Gasteiger partial charge >= 0.3 is 0 Å². The van der Waals surface area contributed by atoms with Crippen molar-refractivity contribution in [2.75, 3.05) is 7.11 Å². The zero-order chi connectivity index (χ0) is 15.1. The number of methoxy groups -OCH3 is 1. The van der Waals surface area contributed by atoms with Gasteiger partial charge in [-0.1, -0.05) is 30.3 Å². The van der Waals surface area contributed by atoms with Crippen LogP contribution in [0.15, 0.2) is 53.3 Å². The van der Waals surface area contributed by atoms with Crippen LogP contribution in [-0.2, 0) is 0 Å². The third-order valence-corrected chi connectivity index (χ3v) is 3.80. The first kappa shape index (κ1) is 12.6. The summed E-state index contributed by atoms with van der Waals surface area (Å²) in [7, 11) is 1.62. The molecule has 0 radical (unpaired) electrons. The van der Waals surface area contributed by atoms with E-state index in [2.05, 4.69) is 15.2 Å². The highest BCUT2D eigenvalue weighted by Gasteiger charge is 2.14. The number of ether oxygens (including phenoxy) is 1. The van der Waals surface area contributed by atoms with Crippen LogP contribution in [0.5, 0.6) is 5.75 Å². The van der Waals surface area contributed by atoms with Crippen LogP contribution in [0.2, 0.25) is 0 Å². The van der Waals surface area contributed by atoms with Gasteiger partial charge in [-0.2, -0.15) is 5.10 Å². The molecule has 0 fully saturated rings. The smallest absolute Gasteiger partial charge is 0.274 e. The Bertz CT molecular complexity index is 1030. The summed E-state index contributed by atoms with van der Waals surface area (Å²) in [4.78, 5) is 15.6. The molecule has 4 aromatic rings. The van der Waals surface area contributed by atoms with E-state index in [0.717, 1.165) is 33.2 Å². The maximum atomic E-state index is 12.3. The van der Waals surface area contributed by atoms with Crippen LogP contribution in [0.25, 0.3) is 33.1 Å². The Hall–Kier alpha value is -3.08. The Morgan fingerprint density at radius 2 is 1.82 bits per heavy atom.